The van der Waals surface area contributed by atoms with Crippen LogP contribution < -0.4 is 5.32 Å². The summed E-state index contributed by atoms with van der Waals surface area (Å²) in [5.74, 6) is 0.170. The standard InChI is InChI=1S/C14H17NO/c1-3-10(2)8-14(16)12-5-4-11-6-7-15-13(11)9-12/h4-5,9,15H,2-3,6-8H2,1H3. The Bertz CT molecular complexity index is 434. The molecule has 84 valence electrons. The van der Waals surface area contributed by atoms with E-state index >= 15 is 0 Å². The fraction of sp³-hybridized carbons (Fsp3) is 0.357. The number of Topliss-reactive ketones (excluding diaryl/α,β-unsaturated/α-hetero) is 1. The Morgan fingerprint density at radius 2 is 2.31 bits per heavy atom. The van der Waals surface area contributed by atoms with E-state index in [9.17, 15) is 4.79 Å². The zero-order valence-electron chi connectivity index (χ0n) is 9.68. The van der Waals surface area contributed by atoms with Gasteiger partial charge in [0.15, 0.2) is 5.78 Å². The number of carbonyl (C=O) groups is 1. The second kappa shape index (κ2) is 4.52. The van der Waals surface area contributed by atoms with Crippen LogP contribution >= 0.6 is 0 Å². The summed E-state index contributed by atoms with van der Waals surface area (Å²) in [6, 6.07) is 5.95. The largest absolute Gasteiger partial charge is 0.384 e. The lowest BCUT2D eigenvalue weighted by atomic mass is 10.0. The smallest absolute Gasteiger partial charge is 0.166 e. The highest BCUT2D eigenvalue weighted by Crippen LogP contribution is 2.24. The molecule has 0 aliphatic carbocycles. The summed E-state index contributed by atoms with van der Waals surface area (Å²) >= 11 is 0. The number of fused-ring (bicyclic) bond motifs is 1. The van der Waals surface area contributed by atoms with Gasteiger partial charge in [-0.1, -0.05) is 31.2 Å². The van der Waals surface area contributed by atoms with Crippen LogP contribution in [-0.4, -0.2) is 12.3 Å². The second-order valence-corrected chi connectivity index (χ2v) is 4.25. The quantitative estimate of drug-likeness (QED) is 0.617. The van der Waals surface area contributed by atoms with Gasteiger partial charge in [0.1, 0.15) is 0 Å². The van der Waals surface area contributed by atoms with E-state index in [2.05, 4.69) is 18.0 Å². The van der Waals surface area contributed by atoms with E-state index < -0.39 is 0 Å². The van der Waals surface area contributed by atoms with E-state index in [4.69, 9.17) is 0 Å². The van der Waals surface area contributed by atoms with Gasteiger partial charge in [0.25, 0.3) is 0 Å². The molecule has 1 aromatic carbocycles. The van der Waals surface area contributed by atoms with Gasteiger partial charge in [-0.15, -0.1) is 0 Å². The molecular formula is C14H17NO. The fourth-order valence-corrected chi connectivity index (χ4v) is 1.92. The summed E-state index contributed by atoms with van der Waals surface area (Å²) < 4.78 is 0. The molecule has 1 N–H and O–H groups in total. The average molecular weight is 215 g/mol. The van der Waals surface area contributed by atoms with E-state index in [1.54, 1.807) is 0 Å². The molecule has 1 aliphatic heterocycles. The van der Waals surface area contributed by atoms with Gasteiger partial charge >= 0.3 is 0 Å². The Kier molecular flexibility index (Phi) is 3.09. The molecule has 0 amide bonds. The zero-order chi connectivity index (χ0) is 11.5. The van der Waals surface area contributed by atoms with Crippen molar-refractivity contribution in [2.24, 2.45) is 0 Å². The molecule has 1 heterocycles. The van der Waals surface area contributed by atoms with Crippen LogP contribution in [0.25, 0.3) is 0 Å². The summed E-state index contributed by atoms with van der Waals surface area (Å²) in [4.78, 5) is 11.9. The van der Waals surface area contributed by atoms with Crippen molar-refractivity contribution in [1.82, 2.24) is 0 Å². The zero-order valence-corrected chi connectivity index (χ0v) is 9.68. The monoisotopic (exact) mass is 215 g/mol. The van der Waals surface area contributed by atoms with Crippen molar-refractivity contribution in [1.29, 1.82) is 0 Å². The molecule has 16 heavy (non-hydrogen) atoms. The molecule has 1 aliphatic rings. The van der Waals surface area contributed by atoms with Crippen LogP contribution in [0.4, 0.5) is 5.69 Å². The number of carbonyl (C=O) groups excluding carboxylic acids is 1. The lowest BCUT2D eigenvalue weighted by Crippen LogP contribution is -2.01. The van der Waals surface area contributed by atoms with Gasteiger partial charge in [0.05, 0.1) is 0 Å². The highest BCUT2D eigenvalue weighted by Gasteiger charge is 2.13. The van der Waals surface area contributed by atoms with Gasteiger partial charge < -0.3 is 5.32 Å². The molecule has 0 saturated heterocycles. The highest BCUT2D eigenvalue weighted by molar-refractivity contribution is 5.98. The number of nitrogens with one attached hydrogen (secondary N) is 1. The van der Waals surface area contributed by atoms with Crippen LogP contribution in [0.3, 0.4) is 0 Å². The molecule has 0 unspecified atom stereocenters. The van der Waals surface area contributed by atoms with Crippen LogP contribution in [0.5, 0.6) is 0 Å². The van der Waals surface area contributed by atoms with Crippen LogP contribution in [0.2, 0.25) is 0 Å². The first-order valence-corrected chi connectivity index (χ1v) is 5.77. The topological polar surface area (TPSA) is 29.1 Å². The minimum atomic E-state index is 0.170. The number of hydrogen-bond donors (Lipinski definition) is 1. The summed E-state index contributed by atoms with van der Waals surface area (Å²) in [6.45, 7) is 6.88. The number of anilines is 1. The van der Waals surface area contributed by atoms with E-state index in [1.807, 2.05) is 19.1 Å². The van der Waals surface area contributed by atoms with E-state index in [-0.39, 0.29) is 5.78 Å². The van der Waals surface area contributed by atoms with Gasteiger partial charge in [-0.3, -0.25) is 4.79 Å². The van der Waals surface area contributed by atoms with Crippen molar-refractivity contribution in [2.45, 2.75) is 26.2 Å². The average Bonchev–Trinajstić information content (AvgIpc) is 2.75. The first-order chi connectivity index (χ1) is 7.70. The fourth-order valence-electron chi connectivity index (χ4n) is 1.92. The lowest BCUT2D eigenvalue weighted by Gasteiger charge is -2.05. The van der Waals surface area contributed by atoms with Crippen molar-refractivity contribution in [3.05, 3.63) is 41.5 Å². The molecule has 0 spiro atoms. The SMILES string of the molecule is C=C(CC)CC(=O)c1ccc2c(c1)NCC2. The molecule has 0 bridgehead atoms. The maximum atomic E-state index is 11.9. The maximum Gasteiger partial charge on any atom is 0.166 e. The highest BCUT2D eigenvalue weighted by atomic mass is 16.1. The normalized spacial score (nSPS) is 13.1. The van der Waals surface area contributed by atoms with E-state index in [0.717, 1.165) is 36.2 Å². The Morgan fingerprint density at radius 1 is 1.50 bits per heavy atom. The molecule has 2 rings (SSSR count). The third kappa shape index (κ3) is 2.16. The molecular weight excluding hydrogens is 198 g/mol. The first-order valence-electron chi connectivity index (χ1n) is 5.77. The van der Waals surface area contributed by atoms with E-state index in [1.165, 1.54) is 5.56 Å². The van der Waals surface area contributed by atoms with Crippen molar-refractivity contribution >= 4 is 11.5 Å². The maximum absolute atomic E-state index is 11.9. The first kappa shape index (κ1) is 10.9. The summed E-state index contributed by atoms with van der Waals surface area (Å²) in [6.07, 6.45) is 2.40. The Hall–Kier alpha value is -1.57. The number of benzene rings is 1. The third-order valence-electron chi connectivity index (χ3n) is 3.05. The Labute approximate surface area is 96.4 Å². The number of allylic oxidation sites excluding steroid dienone is 1. The van der Waals surface area contributed by atoms with Crippen molar-refractivity contribution in [3.63, 3.8) is 0 Å². The van der Waals surface area contributed by atoms with Crippen LogP contribution in [0.15, 0.2) is 30.4 Å². The molecule has 0 radical (unpaired) electrons. The van der Waals surface area contributed by atoms with Gasteiger partial charge in [-0.25, -0.2) is 0 Å². The van der Waals surface area contributed by atoms with E-state index in [0.29, 0.717) is 6.42 Å². The Balaban J connectivity index is 2.15. The van der Waals surface area contributed by atoms with Crippen molar-refractivity contribution < 1.29 is 4.79 Å². The van der Waals surface area contributed by atoms with Gasteiger partial charge in [0.2, 0.25) is 0 Å². The molecule has 1 aromatic rings. The van der Waals surface area contributed by atoms with Crippen molar-refractivity contribution in [2.75, 3.05) is 11.9 Å². The van der Waals surface area contributed by atoms with Gasteiger partial charge in [0, 0.05) is 24.2 Å². The van der Waals surface area contributed by atoms with Gasteiger partial charge in [-0.05, 0) is 24.5 Å². The Morgan fingerprint density at radius 3 is 3.06 bits per heavy atom. The number of ketones is 1. The number of rotatable bonds is 4. The predicted molar refractivity (Wildman–Crippen MR) is 67.0 cm³/mol. The molecule has 2 heteroatoms. The molecule has 2 nitrogen and oxygen atoms in total. The minimum Gasteiger partial charge on any atom is -0.384 e. The van der Waals surface area contributed by atoms with Crippen LogP contribution in [0.1, 0.15) is 35.7 Å². The number of hydrogen-bond acceptors (Lipinski definition) is 2. The third-order valence-corrected chi connectivity index (χ3v) is 3.05. The van der Waals surface area contributed by atoms with Crippen LogP contribution in [-0.2, 0) is 6.42 Å². The van der Waals surface area contributed by atoms with Gasteiger partial charge in [-0.2, -0.15) is 0 Å². The molecule has 0 atom stereocenters. The predicted octanol–water partition coefficient (Wildman–Crippen LogP) is 3.19. The molecule has 0 aromatic heterocycles. The van der Waals surface area contributed by atoms with Crippen molar-refractivity contribution in [3.8, 4) is 0 Å². The molecule has 0 fully saturated rings. The molecule has 0 saturated carbocycles. The van der Waals surface area contributed by atoms with Crippen LogP contribution in [0, 0.1) is 0 Å². The summed E-state index contributed by atoms with van der Waals surface area (Å²) in [5.41, 5.74) is 4.22. The second-order valence-electron chi connectivity index (χ2n) is 4.25. The summed E-state index contributed by atoms with van der Waals surface area (Å²) in [7, 11) is 0. The summed E-state index contributed by atoms with van der Waals surface area (Å²) in [5, 5.41) is 3.29. The lowest BCUT2D eigenvalue weighted by molar-refractivity contribution is 0.0992. The minimum absolute atomic E-state index is 0.170.